The molecule has 0 spiro atoms. The van der Waals surface area contributed by atoms with Gasteiger partial charge in [-0.15, -0.1) is 0 Å². The van der Waals surface area contributed by atoms with Gasteiger partial charge in [-0.1, -0.05) is 0 Å². The molecule has 0 saturated carbocycles. The quantitative estimate of drug-likeness (QED) is 0.753. The first kappa shape index (κ1) is 15.9. The van der Waals surface area contributed by atoms with E-state index in [1.54, 1.807) is 0 Å². The van der Waals surface area contributed by atoms with Gasteiger partial charge in [0, 0.05) is 13.6 Å². The van der Waals surface area contributed by atoms with Crippen LogP contribution >= 0.6 is 0 Å². The van der Waals surface area contributed by atoms with Crippen molar-refractivity contribution in [3.63, 3.8) is 0 Å². The monoisotopic (exact) mass is 292 g/mol. The Bertz CT molecular complexity index is 448. The number of aliphatic carboxylic acids is 1. The summed E-state index contributed by atoms with van der Waals surface area (Å²) in [5.74, 6) is -1.57. The molecule has 1 unspecified atom stereocenters. The summed E-state index contributed by atoms with van der Waals surface area (Å²) in [7, 11) is -2.10. The Balaban J connectivity index is 2.73. The van der Waals surface area contributed by atoms with Gasteiger partial charge in [-0.05, 0) is 26.2 Å². The Morgan fingerprint density at radius 2 is 2.00 bits per heavy atom. The number of carboxylic acid groups (broad SMARTS) is 1. The van der Waals surface area contributed by atoms with Crippen LogP contribution in [0.25, 0.3) is 0 Å². The molecule has 1 N–H and O–H groups in total. The predicted molar refractivity (Wildman–Crippen MR) is 69.1 cm³/mol. The van der Waals surface area contributed by atoms with Crippen LogP contribution in [0, 0.1) is 0 Å². The highest BCUT2D eigenvalue weighted by molar-refractivity contribution is 7.89. The van der Waals surface area contributed by atoms with E-state index in [9.17, 15) is 18.0 Å². The molecule has 1 fully saturated rings. The summed E-state index contributed by atoms with van der Waals surface area (Å²) in [5, 5.41) is 9.07. The zero-order valence-electron chi connectivity index (χ0n) is 11.2. The zero-order chi connectivity index (χ0) is 14.6. The van der Waals surface area contributed by atoms with E-state index < -0.39 is 27.9 Å². The molecule has 1 aliphatic heterocycles. The number of likely N-dealkylation sites (tertiary alicyclic amines) is 1. The predicted octanol–water partition coefficient (Wildman–Crippen LogP) is -0.266. The Hall–Kier alpha value is -1.15. The van der Waals surface area contributed by atoms with Crippen molar-refractivity contribution in [3.8, 4) is 0 Å². The van der Waals surface area contributed by atoms with Crippen LogP contribution in [0.3, 0.4) is 0 Å². The van der Waals surface area contributed by atoms with Crippen molar-refractivity contribution in [1.29, 1.82) is 0 Å². The van der Waals surface area contributed by atoms with Gasteiger partial charge in [0.1, 0.15) is 6.04 Å². The van der Waals surface area contributed by atoms with E-state index in [1.807, 2.05) is 0 Å². The third-order valence-corrected chi connectivity index (χ3v) is 5.11. The van der Waals surface area contributed by atoms with Gasteiger partial charge < -0.3 is 10.0 Å². The maximum absolute atomic E-state index is 12.0. The summed E-state index contributed by atoms with van der Waals surface area (Å²) < 4.78 is 24.1. The summed E-state index contributed by atoms with van der Waals surface area (Å²) in [6.07, 6.45) is 1.94. The molecule has 7 nitrogen and oxygen atoms in total. The third kappa shape index (κ3) is 3.90. The molecule has 19 heavy (non-hydrogen) atoms. The normalized spacial score (nSPS) is 20.6. The van der Waals surface area contributed by atoms with Gasteiger partial charge in [0.25, 0.3) is 0 Å². The Kier molecular flexibility index (Phi) is 5.30. The molecule has 1 rings (SSSR count). The van der Waals surface area contributed by atoms with Crippen LogP contribution < -0.4 is 0 Å². The number of carbonyl (C=O) groups is 2. The maximum atomic E-state index is 12.0. The van der Waals surface area contributed by atoms with Gasteiger partial charge in [-0.3, -0.25) is 4.79 Å². The fourth-order valence-corrected chi connectivity index (χ4v) is 2.83. The fourth-order valence-electron chi connectivity index (χ4n) is 2.09. The molecule has 1 heterocycles. The Morgan fingerprint density at radius 1 is 1.37 bits per heavy atom. The van der Waals surface area contributed by atoms with Crippen LogP contribution in [0.2, 0.25) is 0 Å². The number of hydrogen-bond acceptors (Lipinski definition) is 4. The summed E-state index contributed by atoms with van der Waals surface area (Å²) in [6, 6.07) is -0.834. The third-order valence-electron chi connectivity index (χ3n) is 3.31. The van der Waals surface area contributed by atoms with Crippen molar-refractivity contribution in [3.05, 3.63) is 0 Å². The molecule has 0 aromatic rings. The number of amides is 1. The highest BCUT2D eigenvalue weighted by Gasteiger charge is 2.33. The van der Waals surface area contributed by atoms with Crippen LogP contribution in [-0.4, -0.2) is 66.5 Å². The van der Waals surface area contributed by atoms with E-state index in [-0.39, 0.29) is 12.3 Å². The summed E-state index contributed by atoms with van der Waals surface area (Å²) in [4.78, 5) is 24.4. The molecule has 1 amide bonds. The SMILES string of the molecule is CCS(=O)(=O)N(C)CC(=O)N1CCCCC1C(=O)O. The number of hydrogen-bond donors (Lipinski definition) is 1. The molecule has 1 atom stereocenters. The van der Waals surface area contributed by atoms with Crippen molar-refractivity contribution in [2.45, 2.75) is 32.2 Å². The topological polar surface area (TPSA) is 95.0 Å². The summed E-state index contributed by atoms with van der Waals surface area (Å²) in [6.45, 7) is 1.56. The minimum absolute atomic E-state index is 0.0842. The highest BCUT2D eigenvalue weighted by atomic mass is 32.2. The van der Waals surface area contributed by atoms with Gasteiger partial charge in [-0.25, -0.2) is 13.2 Å². The first-order chi connectivity index (χ1) is 8.79. The molecule has 0 aliphatic carbocycles. The van der Waals surface area contributed by atoms with Gasteiger partial charge in [-0.2, -0.15) is 4.31 Å². The van der Waals surface area contributed by atoms with E-state index in [0.717, 1.165) is 17.1 Å². The van der Waals surface area contributed by atoms with E-state index in [2.05, 4.69) is 0 Å². The van der Waals surface area contributed by atoms with Crippen LogP contribution in [0.5, 0.6) is 0 Å². The molecule has 1 saturated heterocycles. The van der Waals surface area contributed by atoms with Gasteiger partial charge >= 0.3 is 5.97 Å². The average molecular weight is 292 g/mol. The first-order valence-corrected chi connectivity index (χ1v) is 7.86. The highest BCUT2D eigenvalue weighted by Crippen LogP contribution is 2.17. The van der Waals surface area contributed by atoms with Crippen molar-refractivity contribution < 1.29 is 23.1 Å². The van der Waals surface area contributed by atoms with Crippen molar-refractivity contribution in [2.24, 2.45) is 0 Å². The molecule has 0 bridgehead atoms. The number of carbonyl (C=O) groups excluding carboxylic acids is 1. The van der Waals surface area contributed by atoms with Crippen molar-refractivity contribution in [2.75, 3.05) is 25.9 Å². The molecule has 0 aromatic heterocycles. The lowest BCUT2D eigenvalue weighted by atomic mass is 10.0. The lowest BCUT2D eigenvalue weighted by Crippen LogP contribution is -2.51. The van der Waals surface area contributed by atoms with Crippen LogP contribution in [0.4, 0.5) is 0 Å². The Morgan fingerprint density at radius 3 is 2.53 bits per heavy atom. The average Bonchev–Trinajstić information content (AvgIpc) is 2.38. The van der Waals surface area contributed by atoms with E-state index in [0.29, 0.717) is 13.0 Å². The number of sulfonamides is 1. The molecular weight excluding hydrogens is 272 g/mol. The number of carboxylic acids is 1. The second kappa shape index (κ2) is 6.33. The fraction of sp³-hybridized carbons (Fsp3) is 0.818. The standard InChI is InChI=1S/C11H20N2O5S/c1-3-19(17,18)12(2)8-10(14)13-7-5-4-6-9(13)11(15)16/h9H,3-8H2,1-2H3,(H,15,16). The van der Waals surface area contributed by atoms with E-state index >= 15 is 0 Å². The van der Waals surface area contributed by atoms with Gasteiger partial charge in [0.2, 0.25) is 15.9 Å². The molecule has 8 heteroatoms. The van der Waals surface area contributed by atoms with E-state index in [1.165, 1.54) is 18.9 Å². The summed E-state index contributed by atoms with van der Waals surface area (Å²) in [5.41, 5.74) is 0. The second-order valence-electron chi connectivity index (χ2n) is 4.59. The number of piperidine rings is 1. The summed E-state index contributed by atoms with van der Waals surface area (Å²) >= 11 is 0. The largest absolute Gasteiger partial charge is 0.480 e. The number of likely N-dealkylation sites (N-methyl/N-ethyl adjacent to an activating group) is 1. The molecular formula is C11H20N2O5S. The minimum atomic E-state index is -3.43. The van der Waals surface area contributed by atoms with Crippen molar-refractivity contribution in [1.82, 2.24) is 9.21 Å². The van der Waals surface area contributed by atoms with Gasteiger partial charge in [0.15, 0.2) is 0 Å². The number of nitrogens with zero attached hydrogens (tertiary/aromatic N) is 2. The molecule has 0 aromatic carbocycles. The van der Waals surface area contributed by atoms with Crippen molar-refractivity contribution >= 4 is 21.9 Å². The van der Waals surface area contributed by atoms with Crippen LogP contribution in [-0.2, 0) is 19.6 Å². The van der Waals surface area contributed by atoms with Crippen LogP contribution in [0.15, 0.2) is 0 Å². The van der Waals surface area contributed by atoms with E-state index in [4.69, 9.17) is 5.11 Å². The molecule has 0 radical (unpaired) electrons. The minimum Gasteiger partial charge on any atom is -0.480 e. The smallest absolute Gasteiger partial charge is 0.326 e. The molecule has 110 valence electrons. The zero-order valence-corrected chi connectivity index (χ0v) is 12.0. The van der Waals surface area contributed by atoms with Crippen LogP contribution in [0.1, 0.15) is 26.2 Å². The first-order valence-electron chi connectivity index (χ1n) is 6.26. The second-order valence-corrected chi connectivity index (χ2v) is 6.96. The number of rotatable bonds is 5. The lowest BCUT2D eigenvalue weighted by molar-refractivity contribution is -0.152. The maximum Gasteiger partial charge on any atom is 0.326 e. The molecule has 1 aliphatic rings. The van der Waals surface area contributed by atoms with Gasteiger partial charge in [0.05, 0.1) is 12.3 Å². The lowest BCUT2D eigenvalue weighted by Gasteiger charge is -2.33. The Labute approximate surface area is 113 Å².